The van der Waals surface area contributed by atoms with Gasteiger partial charge in [0.05, 0.1) is 11.9 Å². The van der Waals surface area contributed by atoms with E-state index in [9.17, 15) is 21.6 Å². The van der Waals surface area contributed by atoms with E-state index in [4.69, 9.17) is 9.25 Å². The smallest absolute Gasteiger partial charge is 0.315 e. The molecule has 1 heterocycles. The molecule has 0 bridgehead atoms. The third kappa shape index (κ3) is 5.58. The first-order valence-corrected chi connectivity index (χ1v) is 7.45. The van der Waals surface area contributed by atoms with Gasteiger partial charge in [-0.2, -0.15) is 8.78 Å². The molecule has 0 amide bonds. The van der Waals surface area contributed by atoms with Gasteiger partial charge >= 0.3 is 11.3 Å². The minimum atomic E-state index is -4.10. The van der Waals surface area contributed by atoms with Crippen molar-refractivity contribution in [3.8, 4) is 0 Å². The Bertz CT molecular complexity index is 634. The topological polar surface area (TPSA) is 81.8 Å². The molecule has 0 N–H and O–H groups in total. The van der Waals surface area contributed by atoms with Crippen molar-refractivity contribution in [2.24, 2.45) is 5.16 Å². The average Bonchev–Trinajstić information content (AvgIpc) is 2.85. The van der Waals surface area contributed by atoms with Crippen LogP contribution in [0.25, 0.3) is 0 Å². The Kier molecular flexibility index (Phi) is 5.94. The van der Waals surface area contributed by atoms with E-state index < -0.39 is 39.1 Å². The molecule has 1 aromatic rings. The van der Waals surface area contributed by atoms with Crippen molar-refractivity contribution in [3.05, 3.63) is 23.9 Å². The van der Waals surface area contributed by atoms with Crippen LogP contribution in [-0.2, 0) is 14.7 Å². The fourth-order valence-electron chi connectivity index (χ4n) is 1.08. The van der Waals surface area contributed by atoms with E-state index in [-0.39, 0.29) is 11.9 Å². The molecule has 0 saturated heterocycles. The van der Waals surface area contributed by atoms with E-state index in [2.05, 4.69) is 10.1 Å². The number of hydrogen-bond acceptors (Lipinski definition) is 6. The first-order chi connectivity index (χ1) is 9.72. The van der Waals surface area contributed by atoms with E-state index >= 15 is 0 Å². The number of oxime groups is 1. The van der Waals surface area contributed by atoms with Crippen LogP contribution in [-0.4, -0.2) is 31.5 Å². The van der Waals surface area contributed by atoms with Gasteiger partial charge in [-0.05, 0) is 13.8 Å². The first kappa shape index (κ1) is 17.2. The molecule has 118 valence electrons. The van der Waals surface area contributed by atoms with Crippen LogP contribution in [0.3, 0.4) is 0 Å². The highest BCUT2D eigenvalue weighted by atomic mass is 32.2. The van der Waals surface area contributed by atoms with Crippen molar-refractivity contribution < 1.29 is 30.8 Å². The molecule has 0 aliphatic heterocycles. The largest absolute Gasteiger partial charge is 0.427 e. The molecule has 10 heteroatoms. The second-order valence-corrected chi connectivity index (χ2v) is 6.14. The van der Waals surface area contributed by atoms with Gasteiger partial charge in [0.1, 0.15) is 12.3 Å². The van der Waals surface area contributed by atoms with Gasteiger partial charge in [-0.25, -0.2) is 17.8 Å². The number of aromatic nitrogens is 1. The standard InChI is InChI=1S/C11H13F3N2O4S/c1-7(2)20-16-6-8-5-15-11(19-8)21(17,18)4-3-9(12)10(13)14/h5-7H,3-4H2,1-2H3/b16-6-. The highest BCUT2D eigenvalue weighted by Gasteiger charge is 2.22. The van der Waals surface area contributed by atoms with Gasteiger partial charge in [0.15, 0.2) is 11.6 Å². The van der Waals surface area contributed by atoms with E-state index in [0.717, 1.165) is 12.4 Å². The second-order valence-electron chi connectivity index (χ2n) is 4.15. The molecule has 21 heavy (non-hydrogen) atoms. The van der Waals surface area contributed by atoms with Crippen LogP contribution in [0.4, 0.5) is 13.2 Å². The molecule has 6 nitrogen and oxygen atoms in total. The molecule has 0 saturated carbocycles. The predicted molar refractivity (Wildman–Crippen MR) is 67.3 cm³/mol. The maximum absolute atomic E-state index is 12.6. The van der Waals surface area contributed by atoms with Crippen LogP contribution in [0.15, 0.2) is 32.9 Å². The number of oxazole rings is 1. The number of rotatable bonds is 7. The zero-order valence-electron chi connectivity index (χ0n) is 11.2. The van der Waals surface area contributed by atoms with Gasteiger partial charge in [-0.15, -0.1) is 0 Å². The minimum absolute atomic E-state index is 0.00177. The summed E-state index contributed by atoms with van der Waals surface area (Å²) in [6, 6.07) is 0. The summed E-state index contributed by atoms with van der Waals surface area (Å²) in [6.45, 7) is 3.47. The number of hydrogen-bond donors (Lipinski definition) is 0. The third-order valence-corrected chi connectivity index (χ3v) is 3.48. The molecule has 0 radical (unpaired) electrons. The van der Waals surface area contributed by atoms with E-state index in [1.807, 2.05) is 0 Å². The van der Waals surface area contributed by atoms with Crippen molar-refractivity contribution in [1.82, 2.24) is 4.98 Å². The summed E-state index contributed by atoms with van der Waals surface area (Å²) in [7, 11) is -4.10. The maximum atomic E-state index is 12.6. The number of sulfone groups is 1. The minimum Gasteiger partial charge on any atom is -0.427 e. The predicted octanol–water partition coefficient (Wildman–Crippen LogP) is 2.67. The zero-order valence-corrected chi connectivity index (χ0v) is 12.0. The summed E-state index contributed by atoms with van der Waals surface area (Å²) < 4.78 is 64.5. The quantitative estimate of drug-likeness (QED) is 0.568. The highest BCUT2D eigenvalue weighted by Crippen LogP contribution is 2.18. The van der Waals surface area contributed by atoms with Gasteiger partial charge < -0.3 is 9.25 Å². The summed E-state index contributed by atoms with van der Waals surface area (Å²) in [4.78, 5) is 8.32. The molecular formula is C11H13F3N2O4S. The van der Waals surface area contributed by atoms with Crippen LogP contribution in [0.1, 0.15) is 26.0 Å². The summed E-state index contributed by atoms with van der Waals surface area (Å²) in [5.74, 6) is -2.66. The summed E-state index contributed by atoms with van der Waals surface area (Å²) in [5, 5.41) is 2.82. The van der Waals surface area contributed by atoms with Crippen LogP contribution < -0.4 is 0 Å². The summed E-state index contributed by atoms with van der Waals surface area (Å²) in [5.41, 5.74) is 0. The third-order valence-electron chi connectivity index (χ3n) is 2.02. The lowest BCUT2D eigenvalue weighted by molar-refractivity contribution is 0.0870. The van der Waals surface area contributed by atoms with Gasteiger partial charge in [-0.1, -0.05) is 5.16 Å². The highest BCUT2D eigenvalue weighted by molar-refractivity contribution is 7.91. The summed E-state index contributed by atoms with van der Waals surface area (Å²) in [6.07, 6.45) is -1.49. The molecule has 0 unspecified atom stereocenters. The summed E-state index contributed by atoms with van der Waals surface area (Å²) >= 11 is 0. The fraction of sp³-hybridized carbons (Fsp3) is 0.455. The van der Waals surface area contributed by atoms with Crippen LogP contribution in [0.2, 0.25) is 0 Å². The fourth-order valence-corrected chi connectivity index (χ4v) is 2.14. The molecule has 0 atom stereocenters. The lowest BCUT2D eigenvalue weighted by atomic mass is 10.4. The molecular weight excluding hydrogens is 313 g/mol. The lowest BCUT2D eigenvalue weighted by Crippen LogP contribution is -2.07. The Morgan fingerprint density at radius 1 is 1.48 bits per heavy atom. The Hall–Kier alpha value is -1.84. The Morgan fingerprint density at radius 3 is 2.71 bits per heavy atom. The first-order valence-electron chi connectivity index (χ1n) is 5.80. The van der Waals surface area contributed by atoms with Crippen molar-refractivity contribution in [2.75, 3.05) is 5.75 Å². The molecule has 0 fully saturated rings. The van der Waals surface area contributed by atoms with Crippen molar-refractivity contribution in [1.29, 1.82) is 0 Å². The van der Waals surface area contributed by atoms with Gasteiger partial charge in [0, 0.05) is 6.42 Å². The molecule has 0 aromatic carbocycles. The van der Waals surface area contributed by atoms with Gasteiger partial charge in [-0.3, -0.25) is 0 Å². The zero-order chi connectivity index (χ0) is 16.0. The molecule has 0 aliphatic carbocycles. The number of nitrogens with zero attached hydrogens (tertiary/aromatic N) is 2. The molecule has 0 spiro atoms. The normalized spacial score (nSPS) is 12.1. The molecule has 0 aliphatic rings. The van der Waals surface area contributed by atoms with Crippen molar-refractivity contribution >= 4 is 16.1 Å². The van der Waals surface area contributed by atoms with E-state index in [0.29, 0.717) is 0 Å². The second kappa shape index (κ2) is 7.25. The number of allylic oxidation sites excluding steroid dienone is 1. The van der Waals surface area contributed by atoms with Crippen LogP contribution >= 0.6 is 0 Å². The van der Waals surface area contributed by atoms with E-state index in [1.54, 1.807) is 13.8 Å². The van der Waals surface area contributed by atoms with Crippen molar-refractivity contribution in [2.45, 2.75) is 31.6 Å². The van der Waals surface area contributed by atoms with Crippen molar-refractivity contribution in [3.63, 3.8) is 0 Å². The average molecular weight is 326 g/mol. The monoisotopic (exact) mass is 326 g/mol. The number of halogens is 3. The van der Waals surface area contributed by atoms with E-state index in [1.165, 1.54) is 0 Å². The molecule has 1 aromatic heterocycles. The lowest BCUT2D eigenvalue weighted by Gasteiger charge is -1.99. The Morgan fingerprint density at radius 2 is 2.14 bits per heavy atom. The van der Waals surface area contributed by atoms with Gasteiger partial charge in [0.25, 0.3) is 0 Å². The SMILES string of the molecule is CC(C)O/N=C\c1cnc(S(=O)(=O)CCC(F)=C(F)F)o1. The maximum Gasteiger partial charge on any atom is 0.315 e. The van der Waals surface area contributed by atoms with Crippen LogP contribution in [0.5, 0.6) is 0 Å². The van der Waals surface area contributed by atoms with Gasteiger partial charge in [0.2, 0.25) is 9.84 Å². The van der Waals surface area contributed by atoms with Crippen LogP contribution in [0, 0.1) is 0 Å². The molecule has 1 rings (SSSR count). The Balaban J connectivity index is 2.75. The Labute approximate surface area is 119 Å².